The molecule has 1 aromatic heterocycles. The largest absolute Gasteiger partial charge is 0.365 e. The van der Waals surface area contributed by atoms with Crippen molar-refractivity contribution < 1.29 is 9.32 Å². The molecule has 0 radical (unpaired) electrons. The maximum atomic E-state index is 11.9. The van der Waals surface area contributed by atoms with Gasteiger partial charge in [-0.3, -0.25) is 4.79 Å². The summed E-state index contributed by atoms with van der Waals surface area (Å²) < 4.78 is 4.74. The summed E-state index contributed by atoms with van der Waals surface area (Å²) >= 11 is 0. The zero-order valence-electron chi connectivity index (χ0n) is 10.4. The zero-order chi connectivity index (χ0) is 12.6. The number of nitrogens with zero attached hydrogens (tertiary/aromatic N) is 1. The molecule has 2 aliphatic carbocycles. The topological polar surface area (TPSA) is 81.1 Å². The molecule has 98 valence electrons. The van der Waals surface area contributed by atoms with Gasteiger partial charge in [0, 0.05) is 36.4 Å². The van der Waals surface area contributed by atoms with Crippen LogP contribution in [0.25, 0.3) is 0 Å². The van der Waals surface area contributed by atoms with Crippen molar-refractivity contribution in [2.24, 2.45) is 11.1 Å². The Balaban J connectivity index is 1.47. The molecule has 18 heavy (non-hydrogen) atoms. The molecule has 0 saturated heterocycles. The number of rotatable bonds is 4. The second-order valence-corrected chi connectivity index (χ2v) is 5.54. The van der Waals surface area contributed by atoms with Crippen LogP contribution in [0.2, 0.25) is 0 Å². The third-order valence-corrected chi connectivity index (χ3v) is 4.64. The summed E-state index contributed by atoms with van der Waals surface area (Å²) in [5.74, 6) is 0.0983. The van der Waals surface area contributed by atoms with E-state index in [4.69, 9.17) is 10.3 Å². The van der Waals surface area contributed by atoms with Crippen LogP contribution in [0.4, 0.5) is 0 Å². The van der Waals surface area contributed by atoms with Gasteiger partial charge in [-0.05, 0) is 19.3 Å². The van der Waals surface area contributed by atoms with E-state index in [1.165, 1.54) is 25.5 Å². The number of aryl methyl sites for hydroxylation is 1. The molecule has 0 aromatic carbocycles. The van der Waals surface area contributed by atoms with Crippen LogP contribution in [0.1, 0.15) is 37.8 Å². The molecule has 2 fully saturated rings. The highest BCUT2D eigenvalue weighted by molar-refractivity contribution is 5.76. The summed E-state index contributed by atoms with van der Waals surface area (Å²) in [7, 11) is 0. The maximum absolute atomic E-state index is 11.9. The van der Waals surface area contributed by atoms with E-state index in [0.29, 0.717) is 18.9 Å². The van der Waals surface area contributed by atoms with Crippen molar-refractivity contribution in [2.75, 3.05) is 0 Å². The minimum atomic E-state index is 0.0983. The van der Waals surface area contributed by atoms with Gasteiger partial charge in [-0.25, -0.2) is 0 Å². The Morgan fingerprint density at radius 3 is 3.00 bits per heavy atom. The van der Waals surface area contributed by atoms with Crippen LogP contribution in [-0.4, -0.2) is 23.1 Å². The second kappa shape index (κ2) is 4.39. The van der Waals surface area contributed by atoms with E-state index in [9.17, 15) is 4.79 Å². The Morgan fingerprint density at radius 1 is 1.61 bits per heavy atom. The first kappa shape index (κ1) is 11.7. The van der Waals surface area contributed by atoms with Crippen molar-refractivity contribution in [3.05, 3.63) is 18.0 Å². The molecule has 1 aromatic rings. The number of hydrogen-bond acceptors (Lipinski definition) is 4. The minimum absolute atomic E-state index is 0.0983. The van der Waals surface area contributed by atoms with Gasteiger partial charge in [0.25, 0.3) is 0 Å². The highest BCUT2D eigenvalue weighted by Crippen LogP contribution is 2.54. The molecule has 1 heterocycles. The monoisotopic (exact) mass is 249 g/mol. The summed E-state index contributed by atoms with van der Waals surface area (Å²) in [4.78, 5) is 11.9. The fourth-order valence-electron chi connectivity index (χ4n) is 3.20. The quantitative estimate of drug-likeness (QED) is 0.834. The summed E-state index contributed by atoms with van der Waals surface area (Å²) in [6.45, 7) is 0. The number of aromatic nitrogens is 1. The minimum Gasteiger partial charge on any atom is -0.365 e. The Kier molecular flexibility index (Phi) is 2.86. The van der Waals surface area contributed by atoms with Crippen LogP contribution >= 0.6 is 0 Å². The van der Waals surface area contributed by atoms with Gasteiger partial charge in [0.2, 0.25) is 5.91 Å². The molecule has 3 N–H and O–H groups in total. The van der Waals surface area contributed by atoms with Gasteiger partial charge in [-0.2, -0.15) is 0 Å². The first-order chi connectivity index (χ1) is 8.71. The van der Waals surface area contributed by atoms with E-state index < -0.39 is 0 Å². The zero-order valence-corrected chi connectivity index (χ0v) is 10.4. The Morgan fingerprint density at radius 2 is 2.44 bits per heavy atom. The standard InChI is InChI=1S/C13H19N3O2/c14-10-8-11(13(10)5-1-6-13)15-12(17)3-2-9-4-7-18-16-9/h4,7,10-11H,1-3,5-6,8,14H2,(H,15,17). The maximum Gasteiger partial charge on any atom is 0.220 e. The Bertz CT molecular complexity index is 425. The van der Waals surface area contributed by atoms with Crippen molar-refractivity contribution in [3.8, 4) is 0 Å². The lowest BCUT2D eigenvalue weighted by Gasteiger charge is -2.60. The van der Waals surface area contributed by atoms with Crippen molar-refractivity contribution in [3.63, 3.8) is 0 Å². The van der Waals surface area contributed by atoms with E-state index in [0.717, 1.165) is 12.1 Å². The summed E-state index contributed by atoms with van der Waals surface area (Å²) in [6, 6.07) is 2.37. The molecule has 2 saturated carbocycles. The van der Waals surface area contributed by atoms with E-state index >= 15 is 0 Å². The number of carbonyl (C=O) groups excluding carboxylic acids is 1. The Hall–Kier alpha value is -1.36. The van der Waals surface area contributed by atoms with E-state index in [-0.39, 0.29) is 17.4 Å². The third-order valence-electron chi connectivity index (χ3n) is 4.64. The third kappa shape index (κ3) is 1.82. The average molecular weight is 249 g/mol. The van der Waals surface area contributed by atoms with Crippen molar-refractivity contribution in [1.29, 1.82) is 0 Å². The fourth-order valence-corrected chi connectivity index (χ4v) is 3.20. The molecular weight excluding hydrogens is 230 g/mol. The second-order valence-electron chi connectivity index (χ2n) is 5.54. The molecule has 2 aliphatic rings. The lowest BCUT2D eigenvalue weighted by molar-refractivity contribution is -0.127. The predicted molar refractivity (Wildman–Crippen MR) is 65.6 cm³/mol. The molecular formula is C13H19N3O2. The smallest absolute Gasteiger partial charge is 0.220 e. The van der Waals surface area contributed by atoms with Crippen molar-refractivity contribution in [2.45, 2.75) is 50.6 Å². The molecule has 2 unspecified atom stereocenters. The number of nitrogens with one attached hydrogen (secondary N) is 1. The van der Waals surface area contributed by atoms with Crippen molar-refractivity contribution >= 4 is 5.91 Å². The number of carbonyl (C=O) groups is 1. The van der Waals surface area contributed by atoms with Gasteiger partial charge in [0.05, 0.1) is 5.69 Å². The predicted octanol–water partition coefficient (Wildman–Crippen LogP) is 0.993. The van der Waals surface area contributed by atoms with Gasteiger partial charge in [-0.15, -0.1) is 0 Å². The SMILES string of the molecule is NC1CC(NC(=O)CCc2ccon2)C12CCC2. The molecule has 2 atom stereocenters. The van der Waals surface area contributed by atoms with Crippen LogP contribution in [0, 0.1) is 5.41 Å². The van der Waals surface area contributed by atoms with Crippen LogP contribution in [-0.2, 0) is 11.2 Å². The van der Waals surface area contributed by atoms with E-state index in [2.05, 4.69) is 10.5 Å². The van der Waals surface area contributed by atoms with Gasteiger partial charge in [0.15, 0.2) is 0 Å². The van der Waals surface area contributed by atoms with Gasteiger partial charge in [0.1, 0.15) is 6.26 Å². The van der Waals surface area contributed by atoms with Crippen LogP contribution < -0.4 is 11.1 Å². The summed E-state index contributed by atoms with van der Waals surface area (Å²) in [5, 5.41) is 6.92. The fraction of sp³-hybridized carbons (Fsp3) is 0.692. The van der Waals surface area contributed by atoms with Crippen LogP contribution in [0.5, 0.6) is 0 Å². The van der Waals surface area contributed by atoms with Gasteiger partial charge in [-0.1, -0.05) is 11.6 Å². The molecule has 5 heteroatoms. The number of hydrogen-bond donors (Lipinski definition) is 2. The van der Waals surface area contributed by atoms with Crippen LogP contribution in [0.3, 0.4) is 0 Å². The lowest BCUT2D eigenvalue weighted by Crippen LogP contribution is -2.69. The highest BCUT2D eigenvalue weighted by atomic mass is 16.5. The highest BCUT2D eigenvalue weighted by Gasteiger charge is 2.56. The molecule has 0 bridgehead atoms. The summed E-state index contributed by atoms with van der Waals surface area (Å²) in [6.07, 6.45) is 7.14. The van der Waals surface area contributed by atoms with Gasteiger partial charge < -0.3 is 15.6 Å². The molecule has 1 spiro atoms. The number of amides is 1. The lowest BCUT2D eigenvalue weighted by atomic mass is 9.50. The Labute approximate surface area is 106 Å². The van der Waals surface area contributed by atoms with Crippen molar-refractivity contribution in [1.82, 2.24) is 10.5 Å². The first-order valence-corrected chi connectivity index (χ1v) is 6.65. The molecule has 1 amide bonds. The van der Waals surface area contributed by atoms with Crippen LogP contribution in [0.15, 0.2) is 16.9 Å². The number of nitrogens with two attached hydrogens (primary N) is 1. The molecule has 3 rings (SSSR count). The van der Waals surface area contributed by atoms with Gasteiger partial charge >= 0.3 is 0 Å². The average Bonchev–Trinajstić information content (AvgIpc) is 2.76. The van der Waals surface area contributed by atoms with E-state index in [1.54, 1.807) is 6.07 Å². The first-order valence-electron chi connectivity index (χ1n) is 6.65. The molecule has 5 nitrogen and oxygen atoms in total. The molecule has 0 aliphatic heterocycles. The normalized spacial score (nSPS) is 28.5. The van der Waals surface area contributed by atoms with E-state index in [1.807, 2.05) is 0 Å². The summed E-state index contributed by atoms with van der Waals surface area (Å²) in [5.41, 5.74) is 7.12.